The summed E-state index contributed by atoms with van der Waals surface area (Å²) < 4.78 is 5.98. The number of anilines is 1. The van der Waals surface area contributed by atoms with Crippen LogP contribution in [-0.2, 0) is 0 Å². The molecule has 0 saturated carbocycles. The fourth-order valence-electron chi connectivity index (χ4n) is 3.39. The summed E-state index contributed by atoms with van der Waals surface area (Å²) in [6.45, 7) is 3.55. The highest BCUT2D eigenvalue weighted by Gasteiger charge is 2.26. The summed E-state index contributed by atoms with van der Waals surface area (Å²) in [4.78, 5) is 6.45. The first-order chi connectivity index (χ1) is 13.1. The number of phenols is 1. The molecule has 0 aliphatic carbocycles. The van der Waals surface area contributed by atoms with E-state index in [-0.39, 0.29) is 11.9 Å². The van der Waals surface area contributed by atoms with E-state index in [0.29, 0.717) is 17.4 Å². The lowest BCUT2D eigenvalue weighted by molar-refractivity contribution is 0.216. The third kappa shape index (κ3) is 3.86. The number of pyridine rings is 1. The number of halogens is 1. The van der Waals surface area contributed by atoms with Crippen LogP contribution in [0.25, 0.3) is 11.1 Å². The number of hydrogen-bond acceptors (Lipinski definition) is 4. The molecule has 138 valence electrons. The van der Waals surface area contributed by atoms with Crippen LogP contribution < -0.4 is 9.64 Å². The van der Waals surface area contributed by atoms with Crippen molar-refractivity contribution >= 4 is 17.3 Å². The van der Waals surface area contributed by atoms with Gasteiger partial charge in [0.2, 0.25) is 5.88 Å². The molecule has 1 N–H and O–H groups in total. The SMILES string of the molecule is Cc1ccc(O[C@@H]2CCN(c3ccc(-c4ccccc4Cl)cc3O)C2)nc1. The van der Waals surface area contributed by atoms with Gasteiger partial charge in [-0.15, -0.1) is 0 Å². The van der Waals surface area contributed by atoms with E-state index in [2.05, 4.69) is 9.88 Å². The molecule has 2 heterocycles. The van der Waals surface area contributed by atoms with Gasteiger partial charge in [0.1, 0.15) is 11.9 Å². The number of benzene rings is 2. The quantitative estimate of drug-likeness (QED) is 0.686. The molecule has 2 aromatic carbocycles. The fourth-order valence-corrected chi connectivity index (χ4v) is 3.64. The zero-order chi connectivity index (χ0) is 18.8. The first-order valence-corrected chi connectivity index (χ1v) is 9.40. The van der Waals surface area contributed by atoms with Gasteiger partial charge in [-0.05, 0) is 36.2 Å². The number of nitrogens with zero attached hydrogens (tertiary/aromatic N) is 2. The third-order valence-electron chi connectivity index (χ3n) is 4.82. The lowest BCUT2D eigenvalue weighted by Gasteiger charge is -2.20. The average molecular weight is 381 g/mol. The van der Waals surface area contributed by atoms with Crippen molar-refractivity contribution in [3.8, 4) is 22.8 Å². The molecule has 1 saturated heterocycles. The van der Waals surface area contributed by atoms with Crippen molar-refractivity contribution in [1.82, 2.24) is 4.98 Å². The van der Waals surface area contributed by atoms with Crippen LogP contribution in [0.2, 0.25) is 5.02 Å². The second-order valence-electron chi connectivity index (χ2n) is 6.83. The molecule has 4 rings (SSSR count). The van der Waals surface area contributed by atoms with E-state index in [1.54, 1.807) is 12.3 Å². The Morgan fingerprint density at radius 3 is 2.74 bits per heavy atom. The van der Waals surface area contributed by atoms with E-state index < -0.39 is 0 Å². The van der Waals surface area contributed by atoms with Crippen molar-refractivity contribution < 1.29 is 9.84 Å². The van der Waals surface area contributed by atoms with Crippen LogP contribution in [0.5, 0.6) is 11.6 Å². The van der Waals surface area contributed by atoms with Crippen molar-refractivity contribution in [2.45, 2.75) is 19.4 Å². The molecule has 3 aromatic rings. The Bertz CT molecular complexity index is 943. The Kier molecular flexibility index (Phi) is 4.90. The number of rotatable bonds is 4. The molecule has 0 amide bonds. The summed E-state index contributed by atoms with van der Waals surface area (Å²) in [5, 5.41) is 11.2. The molecule has 27 heavy (non-hydrogen) atoms. The van der Waals surface area contributed by atoms with E-state index in [4.69, 9.17) is 16.3 Å². The van der Waals surface area contributed by atoms with Crippen molar-refractivity contribution in [2.75, 3.05) is 18.0 Å². The predicted molar refractivity (Wildman–Crippen MR) is 109 cm³/mol. The Morgan fingerprint density at radius 2 is 2.00 bits per heavy atom. The van der Waals surface area contributed by atoms with Gasteiger partial charge in [-0.3, -0.25) is 0 Å². The Balaban J connectivity index is 1.48. The lowest BCUT2D eigenvalue weighted by Crippen LogP contribution is -2.24. The van der Waals surface area contributed by atoms with Crippen LogP contribution in [0.4, 0.5) is 5.69 Å². The van der Waals surface area contributed by atoms with Gasteiger partial charge in [-0.25, -0.2) is 4.98 Å². The van der Waals surface area contributed by atoms with Gasteiger partial charge in [0.25, 0.3) is 0 Å². The number of phenolic OH excluding ortho intramolecular Hbond substituents is 1. The van der Waals surface area contributed by atoms with Gasteiger partial charge in [0.05, 0.1) is 12.2 Å². The minimum Gasteiger partial charge on any atom is -0.506 e. The average Bonchev–Trinajstić information content (AvgIpc) is 3.12. The molecule has 1 aliphatic rings. The highest BCUT2D eigenvalue weighted by molar-refractivity contribution is 6.33. The van der Waals surface area contributed by atoms with Gasteiger partial charge in [-0.2, -0.15) is 0 Å². The van der Waals surface area contributed by atoms with E-state index in [1.807, 2.05) is 55.5 Å². The Morgan fingerprint density at radius 1 is 1.15 bits per heavy atom. The highest BCUT2D eigenvalue weighted by Crippen LogP contribution is 2.36. The van der Waals surface area contributed by atoms with Gasteiger partial charge in [-0.1, -0.05) is 41.9 Å². The summed E-state index contributed by atoms with van der Waals surface area (Å²) in [6.07, 6.45) is 2.76. The zero-order valence-electron chi connectivity index (χ0n) is 15.1. The molecule has 0 unspecified atom stereocenters. The molecule has 1 atom stereocenters. The van der Waals surface area contributed by atoms with Crippen LogP contribution in [0.1, 0.15) is 12.0 Å². The third-order valence-corrected chi connectivity index (χ3v) is 5.15. The molecule has 0 bridgehead atoms. The van der Waals surface area contributed by atoms with Crippen molar-refractivity contribution in [2.24, 2.45) is 0 Å². The lowest BCUT2D eigenvalue weighted by atomic mass is 10.0. The zero-order valence-corrected chi connectivity index (χ0v) is 15.9. The normalized spacial score (nSPS) is 16.5. The maximum absolute atomic E-state index is 10.6. The molecule has 1 aliphatic heterocycles. The largest absolute Gasteiger partial charge is 0.506 e. The van der Waals surface area contributed by atoms with Crippen LogP contribution in [0, 0.1) is 6.92 Å². The van der Waals surface area contributed by atoms with Crippen molar-refractivity contribution in [3.63, 3.8) is 0 Å². The van der Waals surface area contributed by atoms with E-state index >= 15 is 0 Å². The number of hydrogen-bond donors (Lipinski definition) is 1. The van der Waals surface area contributed by atoms with Gasteiger partial charge in [0.15, 0.2) is 0 Å². The summed E-state index contributed by atoms with van der Waals surface area (Å²) in [5.41, 5.74) is 3.74. The fraction of sp³-hybridized carbons (Fsp3) is 0.227. The summed E-state index contributed by atoms with van der Waals surface area (Å²) in [6, 6.07) is 17.2. The Labute approximate surface area is 164 Å². The van der Waals surface area contributed by atoms with Crippen LogP contribution >= 0.6 is 11.6 Å². The number of aryl methyl sites for hydroxylation is 1. The van der Waals surface area contributed by atoms with Crippen molar-refractivity contribution in [1.29, 1.82) is 0 Å². The summed E-state index contributed by atoms with van der Waals surface area (Å²) >= 11 is 6.27. The predicted octanol–water partition coefficient (Wildman–Crippen LogP) is 5.07. The molecule has 0 radical (unpaired) electrons. The van der Waals surface area contributed by atoms with Crippen molar-refractivity contribution in [3.05, 3.63) is 71.4 Å². The first kappa shape index (κ1) is 17.7. The van der Waals surface area contributed by atoms with Crippen LogP contribution in [0.3, 0.4) is 0 Å². The molecule has 1 aromatic heterocycles. The first-order valence-electron chi connectivity index (χ1n) is 9.02. The maximum atomic E-state index is 10.6. The standard InChI is InChI=1S/C22H21ClN2O2/c1-15-6-9-22(24-13-15)27-17-10-11-25(14-17)20-8-7-16(12-21(20)26)18-4-2-3-5-19(18)23/h2-9,12-13,17,26H,10-11,14H2,1H3/t17-/m1/s1. The minimum absolute atomic E-state index is 0.0582. The van der Waals surface area contributed by atoms with Gasteiger partial charge in [0, 0.05) is 35.8 Å². The second kappa shape index (κ2) is 7.49. The molecule has 5 heteroatoms. The second-order valence-corrected chi connectivity index (χ2v) is 7.24. The number of aromatic nitrogens is 1. The topological polar surface area (TPSA) is 45.6 Å². The molecule has 1 fully saturated rings. The molecular weight excluding hydrogens is 360 g/mol. The summed E-state index contributed by atoms with van der Waals surface area (Å²) in [7, 11) is 0. The number of ether oxygens (including phenoxy) is 1. The smallest absolute Gasteiger partial charge is 0.213 e. The number of aromatic hydroxyl groups is 1. The molecule has 4 nitrogen and oxygen atoms in total. The van der Waals surface area contributed by atoms with E-state index in [1.165, 1.54) is 0 Å². The van der Waals surface area contributed by atoms with E-state index in [0.717, 1.165) is 35.3 Å². The monoisotopic (exact) mass is 380 g/mol. The van der Waals surface area contributed by atoms with Crippen LogP contribution in [0.15, 0.2) is 60.8 Å². The van der Waals surface area contributed by atoms with Gasteiger partial charge >= 0.3 is 0 Å². The van der Waals surface area contributed by atoms with Crippen LogP contribution in [-0.4, -0.2) is 29.3 Å². The van der Waals surface area contributed by atoms with E-state index in [9.17, 15) is 5.11 Å². The summed E-state index contributed by atoms with van der Waals surface area (Å²) in [5.74, 6) is 0.896. The van der Waals surface area contributed by atoms with Gasteiger partial charge < -0.3 is 14.7 Å². The molecule has 0 spiro atoms. The Hall–Kier alpha value is -2.72. The minimum atomic E-state index is 0.0582. The maximum Gasteiger partial charge on any atom is 0.213 e. The highest BCUT2D eigenvalue weighted by atomic mass is 35.5. The molecular formula is C22H21ClN2O2.